The fraction of sp³-hybridized carbons (Fsp3) is 0.773. The Morgan fingerprint density at radius 3 is 1.89 bits per heavy atom. The van der Waals surface area contributed by atoms with Gasteiger partial charge in [-0.25, -0.2) is 4.79 Å². The van der Waals surface area contributed by atoms with Gasteiger partial charge in [0.25, 0.3) is 0 Å². The molecular weight excluding hydrogens is 472 g/mol. The first kappa shape index (κ1) is 33.0. The number of nitrogens with zero attached hydrogens (tertiary/aromatic N) is 1. The molecule has 0 rings (SSSR count). The summed E-state index contributed by atoms with van der Waals surface area (Å²) in [6.07, 6.45) is 1.06. The Hall–Kier alpha value is -2.97. The number of carboxylic acids is 1. The van der Waals surface area contributed by atoms with E-state index in [0.717, 1.165) is 0 Å². The maximum atomic E-state index is 13.1. The summed E-state index contributed by atoms with van der Waals surface area (Å²) in [6, 6.07) is -4.56. The Balaban J connectivity index is 5.66. The number of aliphatic carboxylic acids is 1. The molecule has 6 atom stereocenters. The van der Waals surface area contributed by atoms with E-state index in [2.05, 4.69) is 20.9 Å². The van der Waals surface area contributed by atoms with Gasteiger partial charge in [-0.3, -0.25) is 19.4 Å². The molecule has 14 heteroatoms. The molecule has 3 amide bonds. The second-order valence-electron chi connectivity index (χ2n) is 8.83. The first-order valence-electron chi connectivity index (χ1n) is 12.2. The number of hydrogen-bond acceptors (Lipinski definition) is 8. The van der Waals surface area contributed by atoms with Gasteiger partial charge in [0.1, 0.15) is 12.1 Å². The van der Waals surface area contributed by atoms with Crippen LogP contribution in [-0.2, 0) is 19.2 Å². The highest BCUT2D eigenvalue weighted by Gasteiger charge is 2.32. The number of unbranched alkanes of at least 4 members (excludes halogenated alkanes) is 1. The summed E-state index contributed by atoms with van der Waals surface area (Å²) in [5, 5.41) is 26.4. The lowest BCUT2D eigenvalue weighted by Crippen LogP contribution is -2.58. The molecule has 0 aromatic rings. The normalized spacial score (nSPS) is 15.9. The molecule has 0 bridgehead atoms. The molecule has 0 spiro atoms. The Kier molecular flexibility index (Phi) is 16.0. The third-order valence-corrected chi connectivity index (χ3v) is 5.76. The molecule has 36 heavy (non-hydrogen) atoms. The number of aliphatic hydroxyl groups excluding tert-OH is 1. The van der Waals surface area contributed by atoms with Gasteiger partial charge in [-0.1, -0.05) is 20.3 Å². The maximum Gasteiger partial charge on any atom is 0.328 e. The van der Waals surface area contributed by atoms with Crippen LogP contribution in [0.2, 0.25) is 0 Å². The van der Waals surface area contributed by atoms with Gasteiger partial charge in [0.05, 0.1) is 12.1 Å². The highest BCUT2D eigenvalue weighted by atomic mass is 16.4. The quantitative estimate of drug-likeness (QED) is 0.0523. The fourth-order valence-electron chi connectivity index (χ4n) is 3.23. The number of carbonyl (C=O) groups excluding carboxylic acids is 3. The van der Waals surface area contributed by atoms with Crippen molar-refractivity contribution in [2.24, 2.45) is 33.8 Å². The van der Waals surface area contributed by atoms with Crippen molar-refractivity contribution in [3.05, 3.63) is 0 Å². The number of carbonyl (C=O) groups is 4. The molecular formula is C22H44N8O6. The van der Waals surface area contributed by atoms with E-state index < -0.39 is 54.0 Å². The number of hydrogen-bond donors (Lipinski definition) is 9. The number of carboxylic acid groups (broad SMARTS) is 1. The summed E-state index contributed by atoms with van der Waals surface area (Å²) in [4.78, 5) is 53.9. The third kappa shape index (κ3) is 12.7. The predicted molar refractivity (Wildman–Crippen MR) is 135 cm³/mol. The van der Waals surface area contributed by atoms with E-state index >= 15 is 0 Å². The van der Waals surface area contributed by atoms with E-state index in [0.29, 0.717) is 25.8 Å². The van der Waals surface area contributed by atoms with Crippen molar-refractivity contribution in [3.63, 3.8) is 0 Å². The van der Waals surface area contributed by atoms with Crippen LogP contribution >= 0.6 is 0 Å². The Morgan fingerprint density at radius 2 is 1.42 bits per heavy atom. The molecule has 0 aromatic carbocycles. The van der Waals surface area contributed by atoms with Gasteiger partial charge >= 0.3 is 5.97 Å². The molecule has 0 aliphatic carbocycles. The van der Waals surface area contributed by atoms with Crippen LogP contribution < -0.4 is 38.9 Å². The topological polar surface area (TPSA) is 261 Å². The number of aliphatic hydroxyl groups is 1. The smallest absolute Gasteiger partial charge is 0.328 e. The molecule has 0 radical (unpaired) electrons. The zero-order chi connectivity index (χ0) is 27.8. The SMILES string of the molecule is CC[C@H](C)[C@H](N)C(=O)N[C@@H](CCCCN)C(=O)N[C@@H](CCCN=C(N)N)C(=O)N[C@H](C(=O)O)[C@@H](C)O. The van der Waals surface area contributed by atoms with E-state index in [1.54, 1.807) is 0 Å². The number of guanidine groups is 1. The largest absolute Gasteiger partial charge is 0.480 e. The van der Waals surface area contributed by atoms with E-state index in [4.69, 9.17) is 22.9 Å². The van der Waals surface area contributed by atoms with Crippen LogP contribution in [0.1, 0.15) is 59.3 Å². The Morgan fingerprint density at radius 1 is 0.889 bits per heavy atom. The van der Waals surface area contributed by atoms with Crippen LogP contribution in [0, 0.1) is 5.92 Å². The minimum absolute atomic E-state index is 0.0658. The summed E-state index contributed by atoms with van der Waals surface area (Å²) >= 11 is 0. The fourth-order valence-corrected chi connectivity index (χ4v) is 3.23. The maximum absolute atomic E-state index is 13.1. The summed E-state index contributed by atoms with van der Waals surface area (Å²) in [5.41, 5.74) is 22.2. The molecule has 0 heterocycles. The monoisotopic (exact) mass is 516 g/mol. The molecule has 14 nitrogen and oxygen atoms in total. The lowest BCUT2D eigenvalue weighted by atomic mass is 9.98. The van der Waals surface area contributed by atoms with E-state index in [1.807, 2.05) is 13.8 Å². The first-order chi connectivity index (χ1) is 16.8. The van der Waals surface area contributed by atoms with Crippen LogP contribution in [0.3, 0.4) is 0 Å². The molecule has 0 aromatic heterocycles. The van der Waals surface area contributed by atoms with Crippen molar-refractivity contribution in [2.45, 2.75) is 89.6 Å². The van der Waals surface area contributed by atoms with Gasteiger partial charge in [0.2, 0.25) is 17.7 Å². The van der Waals surface area contributed by atoms with Crippen LogP contribution in [0.5, 0.6) is 0 Å². The average Bonchev–Trinajstić information content (AvgIpc) is 2.81. The average molecular weight is 517 g/mol. The predicted octanol–water partition coefficient (Wildman–Crippen LogP) is -2.54. The highest BCUT2D eigenvalue weighted by Crippen LogP contribution is 2.09. The second-order valence-corrected chi connectivity index (χ2v) is 8.83. The molecule has 0 aliphatic heterocycles. The molecule has 0 saturated carbocycles. The van der Waals surface area contributed by atoms with Crippen molar-refractivity contribution < 1.29 is 29.4 Å². The van der Waals surface area contributed by atoms with E-state index in [9.17, 15) is 29.4 Å². The Labute approximate surface area is 212 Å². The minimum Gasteiger partial charge on any atom is -0.480 e. The number of rotatable bonds is 18. The van der Waals surface area contributed by atoms with Crippen LogP contribution in [0.15, 0.2) is 4.99 Å². The molecule has 0 saturated heterocycles. The van der Waals surface area contributed by atoms with E-state index in [1.165, 1.54) is 6.92 Å². The van der Waals surface area contributed by atoms with Crippen molar-refractivity contribution in [3.8, 4) is 0 Å². The zero-order valence-electron chi connectivity index (χ0n) is 21.4. The molecule has 208 valence electrons. The van der Waals surface area contributed by atoms with Crippen molar-refractivity contribution in [1.29, 1.82) is 0 Å². The first-order valence-corrected chi connectivity index (χ1v) is 12.2. The highest BCUT2D eigenvalue weighted by molar-refractivity contribution is 5.94. The summed E-state index contributed by atoms with van der Waals surface area (Å²) in [5.74, 6) is -3.63. The zero-order valence-corrected chi connectivity index (χ0v) is 21.4. The van der Waals surface area contributed by atoms with E-state index in [-0.39, 0.29) is 37.7 Å². The number of nitrogens with one attached hydrogen (secondary N) is 3. The van der Waals surface area contributed by atoms with Crippen molar-refractivity contribution in [1.82, 2.24) is 16.0 Å². The third-order valence-electron chi connectivity index (χ3n) is 5.76. The standard InChI is InChI=1S/C22H44N8O6/c1-4-12(2)16(24)20(34)29-14(8-5-6-10-23)18(32)28-15(9-7-11-27-22(25)26)19(33)30-17(13(3)31)21(35)36/h12-17,31H,4-11,23-24H2,1-3H3,(H,28,32)(H,29,34)(H,30,33)(H,35,36)(H4,25,26,27)/t12-,13+,14-,15-,16-,17-/m0/s1. The van der Waals surface area contributed by atoms with Gasteiger partial charge in [0, 0.05) is 6.54 Å². The van der Waals surface area contributed by atoms with Crippen LogP contribution in [0.25, 0.3) is 0 Å². The minimum atomic E-state index is -1.58. The number of nitrogens with two attached hydrogens (primary N) is 4. The molecule has 0 unspecified atom stereocenters. The molecule has 13 N–H and O–H groups in total. The van der Waals surface area contributed by atoms with Crippen LogP contribution in [-0.4, -0.2) is 83.2 Å². The van der Waals surface area contributed by atoms with Crippen LogP contribution in [0.4, 0.5) is 0 Å². The van der Waals surface area contributed by atoms with Gasteiger partial charge in [0.15, 0.2) is 12.0 Å². The lowest BCUT2D eigenvalue weighted by Gasteiger charge is -2.26. The number of amides is 3. The van der Waals surface area contributed by atoms with Gasteiger partial charge in [-0.2, -0.15) is 0 Å². The van der Waals surface area contributed by atoms with Gasteiger partial charge in [-0.15, -0.1) is 0 Å². The van der Waals surface area contributed by atoms with Gasteiger partial charge in [-0.05, 0) is 51.5 Å². The number of aliphatic imine (C=N–C) groups is 1. The molecule has 0 aliphatic rings. The van der Waals surface area contributed by atoms with Gasteiger partial charge < -0.3 is 49.1 Å². The Bertz CT molecular complexity index is 744. The molecule has 0 fully saturated rings. The lowest BCUT2D eigenvalue weighted by molar-refractivity contribution is -0.145. The summed E-state index contributed by atoms with van der Waals surface area (Å²) < 4.78 is 0. The second kappa shape index (κ2) is 17.5. The van der Waals surface area contributed by atoms with Crippen molar-refractivity contribution in [2.75, 3.05) is 13.1 Å². The van der Waals surface area contributed by atoms with Crippen molar-refractivity contribution >= 4 is 29.7 Å². The summed E-state index contributed by atoms with van der Waals surface area (Å²) in [7, 11) is 0. The summed E-state index contributed by atoms with van der Waals surface area (Å²) in [6.45, 7) is 5.51.